The summed E-state index contributed by atoms with van der Waals surface area (Å²) < 4.78 is 67.7. The van der Waals surface area contributed by atoms with Gasteiger partial charge < -0.3 is 16.0 Å². The van der Waals surface area contributed by atoms with Crippen LogP contribution in [0.1, 0.15) is 31.2 Å². The lowest BCUT2D eigenvalue weighted by Crippen LogP contribution is -2.69. The number of amides is 3. The van der Waals surface area contributed by atoms with Gasteiger partial charge in [-0.1, -0.05) is 17.7 Å². The summed E-state index contributed by atoms with van der Waals surface area (Å²) in [6.45, 7) is 1.42. The maximum atomic E-state index is 14.9. The highest BCUT2D eigenvalue weighted by atomic mass is 35.5. The average molecular weight is 440 g/mol. The molecule has 0 spiro atoms. The summed E-state index contributed by atoms with van der Waals surface area (Å²) in [5.41, 5.74) is 3.42. The van der Waals surface area contributed by atoms with Crippen LogP contribution < -0.4 is 11.1 Å². The molecule has 5 nitrogen and oxygen atoms in total. The Morgan fingerprint density at radius 2 is 1.97 bits per heavy atom. The van der Waals surface area contributed by atoms with Crippen molar-refractivity contribution in [1.82, 2.24) is 10.2 Å². The topological polar surface area (TPSA) is 75.4 Å². The number of benzene rings is 1. The third-order valence-electron chi connectivity index (χ3n) is 6.02. The van der Waals surface area contributed by atoms with Crippen LogP contribution in [0, 0.1) is 23.5 Å². The normalized spacial score (nSPS) is 28.5. The number of nitrogens with zero attached hydrogens (tertiary/aromatic N) is 1. The molecular formula is C18H19ClF5N3O2. The molecule has 29 heavy (non-hydrogen) atoms. The number of alkyl halides is 3. The third-order valence-corrected chi connectivity index (χ3v) is 6.37. The van der Waals surface area contributed by atoms with E-state index in [9.17, 15) is 31.5 Å². The molecule has 1 saturated carbocycles. The van der Waals surface area contributed by atoms with E-state index < -0.39 is 58.1 Å². The highest BCUT2D eigenvalue weighted by molar-refractivity contribution is 6.31. The van der Waals surface area contributed by atoms with Gasteiger partial charge in [0, 0.05) is 19.0 Å². The molecule has 2 aliphatic rings. The summed E-state index contributed by atoms with van der Waals surface area (Å²) in [5, 5.41) is 1.73. The predicted octanol–water partition coefficient (Wildman–Crippen LogP) is 3.56. The number of carbonyl (C=O) groups excluding carboxylic acids is 2. The summed E-state index contributed by atoms with van der Waals surface area (Å²) in [5.74, 6) is -6.50. The van der Waals surface area contributed by atoms with Gasteiger partial charge in [-0.3, -0.25) is 4.79 Å². The summed E-state index contributed by atoms with van der Waals surface area (Å²) >= 11 is 5.68. The maximum Gasteiger partial charge on any atom is 0.391 e. The first-order chi connectivity index (χ1) is 13.4. The zero-order valence-corrected chi connectivity index (χ0v) is 16.1. The second kappa shape index (κ2) is 7.30. The number of hydrogen-bond acceptors (Lipinski definition) is 2. The molecule has 0 aromatic heterocycles. The molecule has 1 heterocycles. The first-order valence-corrected chi connectivity index (χ1v) is 9.32. The summed E-state index contributed by atoms with van der Waals surface area (Å²) in [6.07, 6.45) is -5.16. The molecule has 1 unspecified atom stereocenters. The Hall–Kier alpha value is -2.10. The van der Waals surface area contributed by atoms with Gasteiger partial charge in [0.25, 0.3) is 0 Å². The van der Waals surface area contributed by atoms with Gasteiger partial charge in [-0.2, -0.15) is 13.2 Å². The fourth-order valence-corrected chi connectivity index (χ4v) is 4.63. The van der Waals surface area contributed by atoms with Crippen LogP contribution in [0.5, 0.6) is 0 Å². The van der Waals surface area contributed by atoms with E-state index in [2.05, 4.69) is 5.32 Å². The number of carbonyl (C=O) groups is 2. The standard InChI is InChI=1S/C18H19ClF5N3O2/c1-17(15(28)26-4-5-27(17)16(25)29)12(8-6-9(7-8)18(22,23)24)10-2-3-11(20)13(19)14(10)21/h2-3,8-9,12H,4-7H2,1H3,(H2,25,29)(H,26,28)/t8?,9?,12-,17?/m1/s1. The van der Waals surface area contributed by atoms with Crippen molar-refractivity contribution >= 4 is 23.5 Å². The quantitative estimate of drug-likeness (QED) is 0.558. The van der Waals surface area contributed by atoms with Crippen molar-refractivity contribution in [3.63, 3.8) is 0 Å². The van der Waals surface area contributed by atoms with Crippen molar-refractivity contribution in [3.8, 4) is 0 Å². The third kappa shape index (κ3) is 3.51. The molecule has 1 aromatic carbocycles. The van der Waals surface area contributed by atoms with E-state index in [-0.39, 0.29) is 31.5 Å². The Labute approximate surface area is 168 Å². The highest BCUT2D eigenvalue weighted by Gasteiger charge is 2.59. The molecule has 3 rings (SSSR count). The van der Waals surface area contributed by atoms with E-state index >= 15 is 0 Å². The number of hydrogen-bond donors (Lipinski definition) is 2. The lowest BCUT2D eigenvalue weighted by Gasteiger charge is -2.53. The van der Waals surface area contributed by atoms with Crippen LogP contribution in [0.15, 0.2) is 12.1 Å². The Kier molecular flexibility index (Phi) is 5.44. The van der Waals surface area contributed by atoms with E-state index in [1.165, 1.54) is 6.92 Å². The minimum atomic E-state index is -4.43. The zero-order valence-electron chi connectivity index (χ0n) is 15.3. The number of rotatable bonds is 3. The van der Waals surface area contributed by atoms with Crippen LogP contribution in [0.25, 0.3) is 0 Å². The molecule has 160 valence electrons. The van der Waals surface area contributed by atoms with Crippen molar-refractivity contribution in [3.05, 3.63) is 34.4 Å². The van der Waals surface area contributed by atoms with Gasteiger partial charge in [0.15, 0.2) is 0 Å². The van der Waals surface area contributed by atoms with Crippen molar-refractivity contribution in [1.29, 1.82) is 0 Å². The van der Waals surface area contributed by atoms with Crippen molar-refractivity contribution in [2.45, 2.75) is 37.4 Å². The second-order valence-corrected chi connectivity index (χ2v) is 7.98. The zero-order chi connectivity index (χ0) is 21.7. The van der Waals surface area contributed by atoms with E-state index in [1.54, 1.807) is 0 Å². The smallest absolute Gasteiger partial charge is 0.352 e. The van der Waals surface area contributed by atoms with Gasteiger partial charge in [-0.15, -0.1) is 0 Å². The first-order valence-electron chi connectivity index (χ1n) is 8.94. The molecule has 2 atom stereocenters. The van der Waals surface area contributed by atoms with Crippen molar-refractivity contribution in [2.24, 2.45) is 17.6 Å². The molecule has 1 saturated heterocycles. The Balaban J connectivity index is 2.12. The van der Waals surface area contributed by atoms with E-state index in [0.29, 0.717) is 0 Å². The van der Waals surface area contributed by atoms with E-state index in [4.69, 9.17) is 17.3 Å². The Morgan fingerprint density at radius 3 is 2.52 bits per heavy atom. The number of halogens is 6. The summed E-state index contributed by atoms with van der Waals surface area (Å²) in [7, 11) is 0. The minimum absolute atomic E-state index is 0.0000383. The lowest BCUT2D eigenvalue weighted by atomic mass is 9.59. The fourth-order valence-electron chi connectivity index (χ4n) is 4.46. The second-order valence-electron chi connectivity index (χ2n) is 7.61. The number of primary amides is 1. The van der Waals surface area contributed by atoms with E-state index in [1.807, 2.05) is 0 Å². The van der Waals surface area contributed by atoms with Crippen LogP contribution in [0.4, 0.5) is 26.7 Å². The van der Waals surface area contributed by atoms with Gasteiger partial charge in [-0.05, 0) is 37.3 Å². The van der Waals surface area contributed by atoms with Gasteiger partial charge in [0.2, 0.25) is 5.91 Å². The predicted molar refractivity (Wildman–Crippen MR) is 94.1 cm³/mol. The molecule has 3 amide bonds. The van der Waals surface area contributed by atoms with Gasteiger partial charge in [-0.25, -0.2) is 13.6 Å². The number of piperazine rings is 1. The fraction of sp³-hybridized carbons (Fsp3) is 0.556. The van der Waals surface area contributed by atoms with Crippen molar-refractivity contribution in [2.75, 3.05) is 13.1 Å². The SMILES string of the molecule is CC1([C@@H](c2ccc(F)c(Cl)c2F)C2CC(C(F)(F)F)C2)C(=O)NCCN1C(N)=O. The molecule has 3 N–H and O–H groups in total. The van der Waals surface area contributed by atoms with Gasteiger partial charge in [0.1, 0.15) is 22.2 Å². The lowest BCUT2D eigenvalue weighted by molar-refractivity contribution is -0.209. The molecule has 0 bridgehead atoms. The van der Waals surface area contributed by atoms with Crippen LogP contribution in [-0.2, 0) is 4.79 Å². The maximum absolute atomic E-state index is 14.9. The summed E-state index contributed by atoms with van der Waals surface area (Å²) in [4.78, 5) is 25.9. The highest BCUT2D eigenvalue weighted by Crippen LogP contribution is 2.55. The van der Waals surface area contributed by atoms with Crippen LogP contribution >= 0.6 is 11.6 Å². The molecule has 1 aliphatic carbocycles. The molecule has 1 aliphatic heterocycles. The van der Waals surface area contributed by atoms with Gasteiger partial charge >= 0.3 is 12.2 Å². The van der Waals surface area contributed by atoms with Gasteiger partial charge in [0.05, 0.1) is 5.92 Å². The number of urea groups is 1. The monoisotopic (exact) mass is 439 g/mol. The number of nitrogens with two attached hydrogens (primary N) is 1. The summed E-state index contributed by atoms with van der Waals surface area (Å²) in [6, 6.07) is 0.966. The average Bonchev–Trinajstić information content (AvgIpc) is 2.57. The van der Waals surface area contributed by atoms with E-state index in [0.717, 1.165) is 17.0 Å². The molecule has 2 fully saturated rings. The number of nitrogens with one attached hydrogen (secondary N) is 1. The Bertz CT molecular complexity index is 844. The molecule has 1 aromatic rings. The molecular weight excluding hydrogens is 421 g/mol. The first kappa shape index (κ1) is 21.6. The molecule has 11 heteroatoms. The van der Waals surface area contributed by atoms with Crippen molar-refractivity contribution < 1.29 is 31.5 Å². The largest absolute Gasteiger partial charge is 0.391 e. The van der Waals surface area contributed by atoms with Crippen LogP contribution in [0.2, 0.25) is 5.02 Å². The van der Waals surface area contributed by atoms with Crippen LogP contribution in [-0.4, -0.2) is 41.6 Å². The Morgan fingerprint density at radius 1 is 1.34 bits per heavy atom. The molecule has 0 radical (unpaired) electrons. The van der Waals surface area contributed by atoms with Crippen LogP contribution in [0.3, 0.4) is 0 Å². The minimum Gasteiger partial charge on any atom is -0.352 e.